The van der Waals surface area contributed by atoms with Gasteiger partial charge < -0.3 is 14.4 Å². The van der Waals surface area contributed by atoms with E-state index in [0.29, 0.717) is 6.04 Å². The zero-order chi connectivity index (χ0) is 13.8. The lowest BCUT2D eigenvalue weighted by molar-refractivity contribution is 0.00617. The monoisotopic (exact) mass is 258 g/mol. The SMILES string of the molecule is COCC(C)N1CCN(C(=O)OC(C)(C)C)CC1. The standard InChI is InChI=1S/C13H26N2O3/c1-11(10-17-5)14-6-8-15(9-7-14)12(16)18-13(2,3)4/h11H,6-10H2,1-5H3. The number of carbonyl (C=O) groups is 1. The summed E-state index contributed by atoms with van der Waals surface area (Å²) in [5.74, 6) is 0. The average molecular weight is 258 g/mol. The molecule has 0 aliphatic carbocycles. The Bertz CT molecular complexity index is 268. The summed E-state index contributed by atoms with van der Waals surface area (Å²) in [7, 11) is 1.72. The Morgan fingerprint density at radius 1 is 1.22 bits per heavy atom. The lowest BCUT2D eigenvalue weighted by Crippen LogP contribution is -2.53. The van der Waals surface area contributed by atoms with Crippen LogP contribution in [0.3, 0.4) is 0 Å². The van der Waals surface area contributed by atoms with Gasteiger partial charge in [0.25, 0.3) is 0 Å². The van der Waals surface area contributed by atoms with Crippen molar-refractivity contribution in [3.63, 3.8) is 0 Å². The molecule has 0 spiro atoms. The predicted octanol–water partition coefficient (Wildman–Crippen LogP) is 1.57. The predicted molar refractivity (Wildman–Crippen MR) is 70.7 cm³/mol. The van der Waals surface area contributed by atoms with Gasteiger partial charge in [-0.25, -0.2) is 4.79 Å². The molecular weight excluding hydrogens is 232 g/mol. The first-order chi connectivity index (χ1) is 8.33. The molecule has 1 amide bonds. The summed E-state index contributed by atoms with van der Waals surface area (Å²) in [6, 6.07) is 0.399. The van der Waals surface area contributed by atoms with Gasteiger partial charge in [-0.3, -0.25) is 4.90 Å². The summed E-state index contributed by atoms with van der Waals surface area (Å²) >= 11 is 0. The maximum absolute atomic E-state index is 11.9. The van der Waals surface area contributed by atoms with Crippen LogP contribution >= 0.6 is 0 Å². The molecule has 1 fully saturated rings. The van der Waals surface area contributed by atoms with Crippen molar-refractivity contribution in [2.24, 2.45) is 0 Å². The molecule has 1 heterocycles. The summed E-state index contributed by atoms with van der Waals surface area (Å²) in [5.41, 5.74) is -0.419. The van der Waals surface area contributed by atoms with Gasteiger partial charge in [0.15, 0.2) is 0 Å². The van der Waals surface area contributed by atoms with Crippen molar-refractivity contribution in [2.75, 3.05) is 39.9 Å². The topological polar surface area (TPSA) is 42.0 Å². The third kappa shape index (κ3) is 4.82. The Kier molecular flexibility index (Phi) is 5.41. The smallest absolute Gasteiger partial charge is 0.410 e. The number of nitrogens with zero attached hydrogens (tertiary/aromatic N) is 2. The summed E-state index contributed by atoms with van der Waals surface area (Å²) < 4.78 is 10.5. The highest BCUT2D eigenvalue weighted by molar-refractivity contribution is 5.68. The van der Waals surface area contributed by atoms with Crippen LogP contribution < -0.4 is 0 Å². The van der Waals surface area contributed by atoms with Crippen LogP contribution in [-0.4, -0.2) is 67.4 Å². The van der Waals surface area contributed by atoms with Crippen molar-refractivity contribution in [1.82, 2.24) is 9.80 Å². The largest absolute Gasteiger partial charge is 0.444 e. The lowest BCUT2D eigenvalue weighted by Gasteiger charge is -2.38. The second-order valence-electron chi connectivity index (χ2n) is 5.81. The van der Waals surface area contributed by atoms with Crippen LogP contribution in [0.2, 0.25) is 0 Å². The zero-order valence-electron chi connectivity index (χ0n) is 12.2. The fourth-order valence-electron chi connectivity index (χ4n) is 2.02. The first-order valence-electron chi connectivity index (χ1n) is 6.54. The van der Waals surface area contributed by atoms with Crippen molar-refractivity contribution < 1.29 is 14.3 Å². The second kappa shape index (κ2) is 6.38. The van der Waals surface area contributed by atoms with Gasteiger partial charge in [-0.1, -0.05) is 0 Å². The van der Waals surface area contributed by atoms with Gasteiger partial charge >= 0.3 is 6.09 Å². The molecule has 18 heavy (non-hydrogen) atoms. The molecule has 5 nitrogen and oxygen atoms in total. The maximum atomic E-state index is 11.9. The van der Waals surface area contributed by atoms with Gasteiger partial charge in [-0.2, -0.15) is 0 Å². The number of piperazine rings is 1. The third-order valence-electron chi connectivity index (χ3n) is 3.00. The summed E-state index contributed by atoms with van der Waals surface area (Å²) in [4.78, 5) is 16.0. The molecular formula is C13H26N2O3. The molecule has 0 aromatic carbocycles. The van der Waals surface area contributed by atoms with Gasteiger partial charge in [0.2, 0.25) is 0 Å². The van der Waals surface area contributed by atoms with E-state index in [0.717, 1.165) is 32.8 Å². The van der Waals surface area contributed by atoms with E-state index in [4.69, 9.17) is 9.47 Å². The molecule has 0 aromatic heterocycles. The van der Waals surface area contributed by atoms with Gasteiger partial charge in [-0.15, -0.1) is 0 Å². The number of rotatable bonds is 3. The van der Waals surface area contributed by atoms with E-state index in [-0.39, 0.29) is 6.09 Å². The van der Waals surface area contributed by atoms with Crippen LogP contribution in [0.5, 0.6) is 0 Å². The van der Waals surface area contributed by atoms with Crippen molar-refractivity contribution >= 4 is 6.09 Å². The first kappa shape index (κ1) is 15.2. The molecule has 1 aliphatic heterocycles. The lowest BCUT2D eigenvalue weighted by atomic mass is 10.2. The Balaban J connectivity index is 2.37. The summed E-state index contributed by atoms with van der Waals surface area (Å²) in [6.45, 7) is 11.8. The van der Waals surface area contributed by atoms with E-state index in [2.05, 4.69) is 11.8 Å². The van der Waals surface area contributed by atoms with Gasteiger partial charge in [0.1, 0.15) is 5.60 Å². The maximum Gasteiger partial charge on any atom is 0.410 e. The minimum Gasteiger partial charge on any atom is -0.444 e. The molecule has 106 valence electrons. The number of methoxy groups -OCH3 is 1. The van der Waals surface area contributed by atoms with Crippen molar-refractivity contribution in [3.8, 4) is 0 Å². The molecule has 0 aromatic rings. The fourth-order valence-corrected chi connectivity index (χ4v) is 2.02. The molecule has 0 radical (unpaired) electrons. The average Bonchev–Trinajstić information content (AvgIpc) is 2.27. The molecule has 0 bridgehead atoms. The van der Waals surface area contributed by atoms with Crippen LogP contribution in [0, 0.1) is 0 Å². The first-order valence-corrected chi connectivity index (χ1v) is 6.54. The summed E-state index contributed by atoms with van der Waals surface area (Å²) in [6.07, 6.45) is -0.207. The minimum absolute atomic E-state index is 0.207. The van der Waals surface area contributed by atoms with E-state index in [9.17, 15) is 4.79 Å². The Morgan fingerprint density at radius 3 is 2.22 bits per heavy atom. The minimum atomic E-state index is -0.419. The molecule has 1 aliphatic rings. The number of ether oxygens (including phenoxy) is 2. The van der Waals surface area contributed by atoms with Gasteiger partial charge in [-0.05, 0) is 27.7 Å². The molecule has 1 rings (SSSR count). The van der Waals surface area contributed by atoms with Gasteiger partial charge in [0, 0.05) is 39.3 Å². The van der Waals surface area contributed by atoms with Crippen LogP contribution in [0.4, 0.5) is 4.79 Å². The van der Waals surface area contributed by atoms with E-state index in [1.165, 1.54) is 0 Å². The molecule has 0 N–H and O–H groups in total. The van der Waals surface area contributed by atoms with Crippen LogP contribution in [0.1, 0.15) is 27.7 Å². The number of hydrogen-bond acceptors (Lipinski definition) is 4. The van der Waals surface area contributed by atoms with E-state index >= 15 is 0 Å². The number of hydrogen-bond donors (Lipinski definition) is 0. The summed E-state index contributed by atoms with van der Waals surface area (Å²) in [5, 5.41) is 0. The molecule has 1 saturated heterocycles. The highest BCUT2D eigenvalue weighted by Gasteiger charge is 2.27. The zero-order valence-corrected chi connectivity index (χ0v) is 12.2. The Hall–Kier alpha value is -0.810. The normalized spacial score (nSPS) is 19.7. The highest BCUT2D eigenvalue weighted by Crippen LogP contribution is 2.12. The highest BCUT2D eigenvalue weighted by atomic mass is 16.6. The molecule has 0 saturated carbocycles. The third-order valence-corrected chi connectivity index (χ3v) is 3.00. The second-order valence-corrected chi connectivity index (χ2v) is 5.81. The molecule has 1 unspecified atom stereocenters. The quantitative estimate of drug-likeness (QED) is 0.770. The number of amides is 1. The van der Waals surface area contributed by atoms with E-state index in [1.54, 1.807) is 12.0 Å². The van der Waals surface area contributed by atoms with Crippen molar-refractivity contribution in [1.29, 1.82) is 0 Å². The van der Waals surface area contributed by atoms with Crippen molar-refractivity contribution in [3.05, 3.63) is 0 Å². The molecule has 5 heteroatoms. The van der Waals surface area contributed by atoms with E-state index in [1.807, 2.05) is 20.8 Å². The fraction of sp³-hybridized carbons (Fsp3) is 0.923. The molecule has 1 atom stereocenters. The van der Waals surface area contributed by atoms with Crippen LogP contribution in [-0.2, 0) is 9.47 Å². The van der Waals surface area contributed by atoms with Crippen molar-refractivity contribution in [2.45, 2.75) is 39.3 Å². The number of carbonyl (C=O) groups excluding carboxylic acids is 1. The van der Waals surface area contributed by atoms with Crippen LogP contribution in [0.25, 0.3) is 0 Å². The van der Waals surface area contributed by atoms with Crippen LogP contribution in [0.15, 0.2) is 0 Å². The van der Waals surface area contributed by atoms with Gasteiger partial charge in [0.05, 0.1) is 6.61 Å². The van der Waals surface area contributed by atoms with E-state index < -0.39 is 5.60 Å². The Morgan fingerprint density at radius 2 is 1.78 bits per heavy atom. The Labute approximate surface area is 110 Å².